The third kappa shape index (κ3) is 4.73. The molecule has 2 amide bonds. The lowest BCUT2D eigenvalue weighted by atomic mass is 9.85. The molecule has 2 heterocycles. The van der Waals surface area contributed by atoms with Gasteiger partial charge in [-0.1, -0.05) is 42.0 Å². The second-order valence-corrected chi connectivity index (χ2v) is 8.58. The number of aromatic nitrogens is 4. The summed E-state index contributed by atoms with van der Waals surface area (Å²) in [6, 6.07) is 16.3. The number of nitrogens with zero attached hydrogens (tertiary/aromatic N) is 5. The van der Waals surface area contributed by atoms with E-state index in [1.165, 1.54) is 12.5 Å². The molecule has 2 N–H and O–H groups in total. The number of nitriles is 1. The Morgan fingerprint density at radius 2 is 1.89 bits per heavy atom. The van der Waals surface area contributed by atoms with Crippen molar-refractivity contribution in [1.82, 2.24) is 25.3 Å². The molecule has 9 nitrogen and oxygen atoms in total. The van der Waals surface area contributed by atoms with Crippen molar-refractivity contribution < 1.29 is 9.59 Å². The van der Waals surface area contributed by atoms with Gasteiger partial charge in [0.05, 0.1) is 18.4 Å². The highest BCUT2D eigenvalue weighted by Gasteiger charge is 2.22. The van der Waals surface area contributed by atoms with E-state index in [0.29, 0.717) is 24.6 Å². The second kappa shape index (κ2) is 9.73. The molecule has 1 aliphatic carbocycles. The zero-order valence-corrected chi connectivity index (χ0v) is 18.9. The van der Waals surface area contributed by atoms with E-state index in [4.69, 9.17) is 0 Å². The molecule has 0 bridgehead atoms. The molecule has 1 fully saturated rings. The Bertz CT molecular complexity index is 1440. The number of rotatable bonds is 7. The first-order chi connectivity index (χ1) is 17.1. The minimum absolute atomic E-state index is 0.0313. The molecule has 4 aromatic rings. The summed E-state index contributed by atoms with van der Waals surface area (Å²) in [5.74, 6) is -0.302. The predicted molar refractivity (Wildman–Crippen MR) is 130 cm³/mol. The molecule has 35 heavy (non-hydrogen) atoms. The van der Waals surface area contributed by atoms with E-state index in [1.54, 1.807) is 29.2 Å². The van der Waals surface area contributed by atoms with Crippen molar-refractivity contribution in [2.75, 3.05) is 11.9 Å². The van der Waals surface area contributed by atoms with E-state index >= 15 is 0 Å². The highest BCUT2D eigenvalue weighted by atomic mass is 16.2. The number of nitrogens with one attached hydrogen (secondary N) is 2. The summed E-state index contributed by atoms with van der Waals surface area (Å²) < 4.78 is 1.72. The van der Waals surface area contributed by atoms with Crippen LogP contribution >= 0.6 is 0 Å². The smallest absolute Gasteiger partial charge is 0.272 e. The van der Waals surface area contributed by atoms with E-state index in [9.17, 15) is 14.9 Å². The Kier molecular flexibility index (Phi) is 6.18. The number of carbonyl (C=O) groups excluding carboxylic acids is 2. The second-order valence-electron chi connectivity index (χ2n) is 8.58. The number of fused-ring (bicyclic) bond motifs is 1. The highest BCUT2D eigenvalue weighted by Crippen LogP contribution is 2.27. The number of benzene rings is 2. The van der Waals surface area contributed by atoms with Gasteiger partial charge in [0.15, 0.2) is 5.69 Å². The van der Waals surface area contributed by atoms with Crippen molar-refractivity contribution in [3.63, 3.8) is 0 Å². The van der Waals surface area contributed by atoms with Gasteiger partial charge in [-0.25, -0.2) is 9.67 Å². The Labute approximate surface area is 201 Å². The quantitative estimate of drug-likeness (QED) is 0.430. The van der Waals surface area contributed by atoms with Crippen molar-refractivity contribution in [2.24, 2.45) is 5.92 Å². The number of anilines is 1. The topological polar surface area (TPSA) is 126 Å². The Morgan fingerprint density at radius 1 is 1.06 bits per heavy atom. The fourth-order valence-electron chi connectivity index (χ4n) is 4.19. The summed E-state index contributed by atoms with van der Waals surface area (Å²) in [4.78, 5) is 30.4. The molecule has 0 radical (unpaired) electrons. The summed E-state index contributed by atoms with van der Waals surface area (Å²) >= 11 is 0. The largest absolute Gasteiger partial charge is 0.350 e. The van der Waals surface area contributed by atoms with Crippen LogP contribution in [0.4, 0.5) is 5.69 Å². The zero-order valence-electron chi connectivity index (χ0n) is 18.9. The number of hydrogen-bond acceptors (Lipinski definition) is 6. The van der Waals surface area contributed by atoms with Crippen molar-refractivity contribution in [3.05, 3.63) is 83.4 Å². The van der Waals surface area contributed by atoms with Gasteiger partial charge in [0.2, 0.25) is 0 Å². The lowest BCUT2D eigenvalue weighted by Crippen LogP contribution is -2.33. The average Bonchev–Trinajstić information content (AvgIpc) is 3.36. The van der Waals surface area contributed by atoms with Crippen LogP contribution in [0.2, 0.25) is 0 Å². The van der Waals surface area contributed by atoms with E-state index in [0.717, 1.165) is 29.2 Å². The maximum absolute atomic E-state index is 13.3. The monoisotopic (exact) mass is 465 g/mol. The molecule has 174 valence electrons. The van der Waals surface area contributed by atoms with Gasteiger partial charge < -0.3 is 10.6 Å². The van der Waals surface area contributed by atoms with E-state index < -0.39 is 5.91 Å². The van der Waals surface area contributed by atoms with Crippen LogP contribution in [0.5, 0.6) is 0 Å². The first-order valence-electron chi connectivity index (χ1n) is 11.5. The van der Waals surface area contributed by atoms with Crippen LogP contribution in [-0.2, 0) is 6.54 Å². The van der Waals surface area contributed by atoms with Crippen LogP contribution < -0.4 is 10.6 Å². The molecule has 1 aliphatic rings. The lowest BCUT2D eigenvalue weighted by Gasteiger charge is -2.25. The van der Waals surface area contributed by atoms with Gasteiger partial charge >= 0.3 is 0 Å². The molecule has 0 unspecified atom stereocenters. The van der Waals surface area contributed by atoms with Crippen molar-refractivity contribution in [2.45, 2.75) is 25.8 Å². The Hall–Kier alpha value is -4.58. The first-order valence-corrected chi connectivity index (χ1v) is 11.5. The normalized spacial score (nSPS) is 13.1. The van der Waals surface area contributed by atoms with E-state index in [1.807, 2.05) is 36.4 Å². The summed E-state index contributed by atoms with van der Waals surface area (Å²) in [5.41, 5.74) is 1.87. The van der Waals surface area contributed by atoms with Gasteiger partial charge in [-0.2, -0.15) is 5.26 Å². The molecule has 2 aromatic carbocycles. The van der Waals surface area contributed by atoms with Crippen LogP contribution in [0.25, 0.3) is 10.8 Å². The molecule has 0 aliphatic heterocycles. The maximum Gasteiger partial charge on any atom is 0.272 e. The Morgan fingerprint density at radius 3 is 2.60 bits per heavy atom. The van der Waals surface area contributed by atoms with Crippen LogP contribution in [0.3, 0.4) is 0 Å². The van der Waals surface area contributed by atoms with Crippen molar-refractivity contribution >= 4 is 28.3 Å². The van der Waals surface area contributed by atoms with Gasteiger partial charge in [0.25, 0.3) is 11.8 Å². The van der Waals surface area contributed by atoms with Gasteiger partial charge in [-0.3, -0.25) is 9.59 Å². The zero-order chi connectivity index (χ0) is 24.2. The summed E-state index contributed by atoms with van der Waals surface area (Å²) in [6.45, 7) is 1.08. The summed E-state index contributed by atoms with van der Waals surface area (Å²) in [6.07, 6.45) is 6.76. The number of carbonyl (C=O) groups is 2. The standard InChI is InChI=1S/C26H23N7O2/c27-14-19-9-11-23(24(30-19)26(35)28-15-17-4-3-5-17)31-25(34)22-10-8-18(16-33-13-12-29-32-33)20-6-1-2-7-21(20)22/h1-2,6-13,17H,3-5,15-16H2,(H,28,35)(H,31,34). The third-order valence-corrected chi connectivity index (χ3v) is 6.31. The van der Waals surface area contributed by atoms with Crippen LogP contribution in [0.15, 0.2) is 60.9 Å². The molecule has 2 aromatic heterocycles. The maximum atomic E-state index is 13.3. The average molecular weight is 466 g/mol. The fourth-order valence-corrected chi connectivity index (χ4v) is 4.19. The molecular formula is C26H23N7O2. The summed E-state index contributed by atoms with van der Waals surface area (Å²) in [7, 11) is 0. The number of pyridine rings is 1. The summed E-state index contributed by atoms with van der Waals surface area (Å²) in [5, 5.41) is 24.5. The van der Waals surface area contributed by atoms with Crippen LogP contribution in [0, 0.1) is 17.2 Å². The lowest BCUT2D eigenvalue weighted by molar-refractivity contribution is 0.0935. The van der Waals surface area contributed by atoms with E-state index in [2.05, 4.69) is 25.9 Å². The van der Waals surface area contributed by atoms with Gasteiger partial charge in [-0.15, -0.1) is 5.10 Å². The van der Waals surface area contributed by atoms with Crippen molar-refractivity contribution in [1.29, 1.82) is 5.26 Å². The molecule has 0 atom stereocenters. The van der Waals surface area contributed by atoms with Gasteiger partial charge in [-0.05, 0) is 53.3 Å². The molecule has 5 rings (SSSR count). The third-order valence-electron chi connectivity index (χ3n) is 6.31. The van der Waals surface area contributed by atoms with Crippen molar-refractivity contribution in [3.8, 4) is 6.07 Å². The highest BCUT2D eigenvalue weighted by molar-refractivity contribution is 6.15. The molecule has 0 saturated heterocycles. The molecular weight excluding hydrogens is 442 g/mol. The first kappa shape index (κ1) is 22.2. The molecule has 1 saturated carbocycles. The molecule has 0 spiro atoms. The number of hydrogen-bond donors (Lipinski definition) is 2. The van der Waals surface area contributed by atoms with Crippen LogP contribution in [0.1, 0.15) is 51.4 Å². The molecule has 9 heteroatoms. The SMILES string of the molecule is N#Cc1ccc(NC(=O)c2ccc(Cn3ccnn3)c3ccccc23)c(C(=O)NCC2CCC2)n1. The number of amides is 2. The van der Waals surface area contributed by atoms with Gasteiger partial charge in [0.1, 0.15) is 11.8 Å². The minimum Gasteiger partial charge on any atom is -0.350 e. The Balaban J connectivity index is 1.43. The fraction of sp³-hybridized carbons (Fsp3) is 0.231. The minimum atomic E-state index is -0.405. The van der Waals surface area contributed by atoms with E-state index in [-0.39, 0.29) is 23.0 Å². The van der Waals surface area contributed by atoms with Gasteiger partial charge in [0, 0.05) is 18.3 Å². The predicted octanol–water partition coefficient (Wildman–Crippen LogP) is 3.53. The van der Waals surface area contributed by atoms with Crippen LogP contribution in [-0.4, -0.2) is 38.3 Å².